The molecule has 0 atom stereocenters. The minimum Gasteiger partial charge on any atom is -0.473 e. The molecule has 1 aromatic carbocycles. The van der Waals surface area contributed by atoms with E-state index in [2.05, 4.69) is 9.97 Å². The summed E-state index contributed by atoms with van der Waals surface area (Å²) >= 11 is 0. The zero-order chi connectivity index (χ0) is 26.0. The molecule has 0 bridgehead atoms. The van der Waals surface area contributed by atoms with E-state index in [1.165, 1.54) is 33.9 Å². The molecule has 10 nitrogen and oxygen atoms in total. The number of ether oxygens (including phenoxy) is 3. The number of hydrogen-bond acceptors (Lipinski definition) is 8. The number of nitrogens with zero attached hydrogens (tertiary/aromatic N) is 5. The van der Waals surface area contributed by atoms with Crippen LogP contribution in [0.25, 0.3) is 0 Å². The Balaban J connectivity index is 1.53. The van der Waals surface area contributed by atoms with E-state index in [9.17, 15) is 19.2 Å². The van der Waals surface area contributed by atoms with Crippen LogP contribution >= 0.6 is 0 Å². The molecule has 1 aliphatic heterocycles. The highest BCUT2D eigenvalue weighted by Gasteiger charge is 2.30. The van der Waals surface area contributed by atoms with Crippen LogP contribution in [0, 0.1) is 24.1 Å². The molecular formula is C25H24FN5O5. The summed E-state index contributed by atoms with van der Waals surface area (Å²) in [6.07, 6.45) is 0.929. The Kier molecular flexibility index (Phi) is 6.61. The van der Waals surface area contributed by atoms with Gasteiger partial charge in [-0.15, -0.1) is 0 Å². The number of carbonyl (C=O) groups excluding carboxylic acids is 1. The summed E-state index contributed by atoms with van der Waals surface area (Å²) in [5, 5.41) is 9.53. The first-order valence-electron chi connectivity index (χ1n) is 11.1. The number of pyridine rings is 1. The van der Waals surface area contributed by atoms with Gasteiger partial charge in [-0.3, -0.25) is 14.5 Å². The molecule has 0 saturated carbocycles. The summed E-state index contributed by atoms with van der Waals surface area (Å²) in [4.78, 5) is 34.3. The maximum Gasteiger partial charge on any atom is 0.416 e. The highest BCUT2D eigenvalue weighted by atomic mass is 19.1. The largest absolute Gasteiger partial charge is 0.473 e. The zero-order valence-corrected chi connectivity index (χ0v) is 20.2. The summed E-state index contributed by atoms with van der Waals surface area (Å²) in [5.41, 5.74) is -0.311. The van der Waals surface area contributed by atoms with Gasteiger partial charge in [-0.05, 0) is 51.5 Å². The van der Waals surface area contributed by atoms with Crippen molar-refractivity contribution in [1.82, 2.24) is 14.5 Å². The molecule has 11 heteroatoms. The van der Waals surface area contributed by atoms with Gasteiger partial charge < -0.3 is 14.2 Å². The molecule has 186 valence electrons. The Labute approximate surface area is 206 Å². The van der Waals surface area contributed by atoms with E-state index in [0.717, 1.165) is 0 Å². The lowest BCUT2D eigenvalue weighted by atomic mass is 10.1. The number of anilines is 1. The molecule has 0 saturated heterocycles. The fourth-order valence-corrected chi connectivity index (χ4v) is 3.58. The summed E-state index contributed by atoms with van der Waals surface area (Å²) in [6, 6.07) is 9.16. The minimum atomic E-state index is -0.750. The van der Waals surface area contributed by atoms with Crippen molar-refractivity contribution < 1.29 is 23.4 Å². The Bertz CT molecular complexity index is 1420. The second-order valence-corrected chi connectivity index (χ2v) is 9.11. The molecule has 0 fully saturated rings. The predicted octanol–water partition coefficient (Wildman–Crippen LogP) is 4.08. The molecule has 3 aromatic rings. The average Bonchev–Trinajstić information content (AvgIpc) is 3.23. The molecule has 2 aromatic heterocycles. The summed E-state index contributed by atoms with van der Waals surface area (Å²) in [7, 11) is 0. The highest BCUT2D eigenvalue weighted by molar-refractivity contribution is 5.87. The van der Waals surface area contributed by atoms with Gasteiger partial charge in [0, 0.05) is 37.1 Å². The van der Waals surface area contributed by atoms with Crippen LogP contribution in [-0.2, 0) is 17.9 Å². The topological polar surface area (TPSA) is 120 Å². The number of fused-ring (bicyclic) bond motifs is 1. The minimum absolute atomic E-state index is 0.0267. The third-order valence-corrected chi connectivity index (χ3v) is 5.10. The average molecular weight is 493 g/mol. The molecule has 3 heterocycles. The third-order valence-electron chi connectivity index (χ3n) is 5.10. The first-order valence-corrected chi connectivity index (χ1v) is 11.1. The molecule has 4 rings (SSSR count). The van der Waals surface area contributed by atoms with E-state index in [4.69, 9.17) is 14.2 Å². The number of benzene rings is 1. The van der Waals surface area contributed by atoms with E-state index in [1.807, 2.05) is 6.07 Å². The van der Waals surface area contributed by atoms with Crippen LogP contribution < -0.4 is 20.1 Å². The fraction of sp³-hybridized carbons (Fsp3) is 0.320. The van der Waals surface area contributed by atoms with Crippen molar-refractivity contribution in [2.75, 3.05) is 11.4 Å². The number of carbonyl (C=O) groups is 1. The van der Waals surface area contributed by atoms with Crippen LogP contribution in [0.3, 0.4) is 0 Å². The van der Waals surface area contributed by atoms with Crippen molar-refractivity contribution in [2.24, 2.45) is 0 Å². The van der Waals surface area contributed by atoms with E-state index < -0.39 is 23.2 Å². The van der Waals surface area contributed by atoms with Gasteiger partial charge in [0.25, 0.3) is 0 Å². The maximum absolute atomic E-state index is 14.9. The second-order valence-electron chi connectivity index (χ2n) is 9.11. The standard InChI is InChI=1S/C25H24FN5O5/c1-15-9-18(5-6-28-15)35-22-17(13-27)10-16(11-19(22)26)14-34-20-12-21-30(23(32)29-20)7-8-31(21)24(33)36-25(2,3)4/h5-6,9-12H,7-8,14H2,1-4H3. The summed E-state index contributed by atoms with van der Waals surface area (Å²) < 4.78 is 32.8. The van der Waals surface area contributed by atoms with E-state index in [1.54, 1.807) is 39.8 Å². The lowest BCUT2D eigenvalue weighted by molar-refractivity contribution is 0.0584. The van der Waals surface area contributed by atoms with Gasteiger partial charge in [0.05, 0.1) is 5.56 Å². The van der Waals surface area contributed by atoms with Crippen LogP contribution in [0.15, 0.2) is 41.3 Å². The van der Waals surface area contributed by atoms with Crippen molar-refractivity contribution in [3.05, 3.63) is 69.7 Å². The highest BCUT2D eigenvalue weighted by Crippen LogP contribution is 2.30. The van der Waals surface area contributed by atoms with E-state index in [-0.39, 0.29) is 36.9 Å². The molecule has 36 heavy (non-hydrogen) atoms. The summed E-state index contributed by atoms with van der Waals surface area (Å²) in [5.74, 6) is -0.374. The van der Waals surface area contributed by atoms with Crippen molar-refractivity contribution in [2.45, 2.75) is 46.4 Å². The van der Waals surface area contributed by atoms with Crippen molar-refractivity contribution in [3.63, 3.8) is 0 Å². The maximum atomic E-state index is 14.9. The quantitative estimate of drug-likeness (QED) is 0.521. The van der Waals surface area contributed by atoms with E-state index >= 15 is 0 Å². The molecule has 1 amide bonds. The van der Waals surface area contributed by atoms with Gasteiger partial charge in [0.15, 0.2) is 11.6 Å². The smallest absolute Gasteiger partial charge is 0.416 e. The molecule has 0 radical (unpaired) electrons. The number of hydrogen-bond donors (Lipinski definition) is 0. The van der Waals surface area contributed by atoms with E-state index in [0.29, 0.717) is 22.8 Å². The van der Waals surface area contributed by atoms with Gasteiger partial charge in [0.1, 0.15) is 29.8 Å². The van der Waals surface area contributed by atoms with Crippen LogP contribution in [0.4, 0.5) is 15.0 Å². The molecular weight excluding hydrogens is 469 g/mol. The molecule has 0 spiro atoms. The summed E-state index contributed by atoms with van der Waals surface area (Å²) in [6.45, 7) is 7.36. The first kappa shape index (κ1) is 24.7. The predicted molar refractivity (Wildman–Crippen MR) is 127 cm³/mol. The Morgan fingerprint density at radius 2 is 2.00 bits per heavy atom. The Hall–Kier alpha value is -4.46. The fourth-order valence-electron chi connectivity index (χ4n) is 3.58. The lowest BCUT2D eigenvalue weighted by Gasteiger charge is -2.24. The van der Waals surface area contributed by atoms with Gasteiger partial charge >= 0.3 is 11.8 Å². The van der Waals surface area contributed by atoms with Crippen LogP contribution in [-0.4, -0.2) is 32.8 Å². The Morgan fingerprint density at radius 1 is 1.22 bits per heavy atom. The van der Waals surface area contributed by atoms with Gasteiger partial charge in [0.2, 0.25) is 5.88 Å². The first-order chi connectivity index (χ1) is 17.0. The van der Waals surface area contributed by atoms with Crippen LogP contribution in [0.2, 0.25) is 0 Å². The molecule has 0 unspecified atom stereocenters. The number of nitriles is 1. The normalized spacial score (nSPS) is 12.6. The number of aryl methyl sites for hydroxylation is 1. The van der Waals surface area contributed by atoms with Crippen LogP contribution in [0.1, 0.15) is 37.6 Å². The third kappa shape index (κ3) is 5.43. The van der Waals surface area contributed by atoms with Crippen molar-refractivity contribution in [1.29, 1.82) is 5.26 Å². The SMILES string of the molecule is Cc1cc(Oc2c(F)cc(COc3cc4n(c(=O)n3)CCN4C(=O)OC(C)(C)C)cc2C#N)ccn1. The zero-order valence-electron chi connectivity index (χ0n) is 20.2. The second kappa shape index (κ2) is 9.65. The molecule has 0 N–H and O–H groups in total. The number of halogens is 1. The molecule has 1 aliphatic rings. The van der Waals surface area contributed by atoms with Crippen LogP contribution in [0.5, 0.6) is 17.4 Å². The number of aromatic nitrogens is 3. The monoisotopic (exact) mass is 493 g/mol. The van der Waals surface area contributed by atoms with Gasteiger partial charge in [-0.2, -0.15) is 10.2 Å². The van der Waals surface area contributed by atoms with Crippen molar-refractivity contribution in [3.8, 4) is 23.4 Å². The lowest BCUT2D eigenvalue weighted by Crippen LogP contribution is -2.36. The van der Waals surface area contributed by atoms with Gasteiger partial charge in [-0.25, -0.2) is 14.0 Å². The molecule has 0 aliphatic carbocycles. The number of rotatable bonds is 5. The van der Waals surface area contributed by atoms with Gasteiger partial charge in [-0.1, -0.05) is 0 Å². The Morgan fingerprint density at radius 3 is 2.69 bits per heavy atom. The van der Waals surface area contributed by atoms with Crippen molar-refractivity contribution >= 4 is 11.9 Å². The number of amides is 1.